The second-order valence-electron chi connectivity index (χ2n) is 3.55. The average molecular weight is 376 g/mol. The van der Waals surface area contributed by atoms with Gasteiger partial charge in [0.25, 0.3) is 0 Å². The minimum atomic E-state index is -0.639. The van der Waals surface area contributed by atoms with Gasteiger partial charge in [-0.25, -0.2) is 8.78 Å². The number of rotatable bonds is 2. The molecule has 2 aromatic rings. The molecular weight excluding hydrogens is 370 g/mol. The van der Waals surface area contributed by atoms with Crippen molar-refractivity contribution in [2.45, 2.75) is 0 Å². The Balaban J connectivity index is 2.55. The van der Waals surface area contributed by atoms with Crippen molar-refractivity contribution in [2.24, 2.45) is 0 Å². The fourth-order valence-electron chi connectivity index (χ4n) is 1.50. The summed E-state index contributed by atoms with van der Waals surface area (Å²) in [6.07, 6.45) is 0. The molecule has 0 spiro atoms. The van der Waals surface area contributed by atoms with Crippen LogP contribution in [0.1, 0.15) is 15.9 Å². The quantitative estimate of drug-likeness (QED) is 0.694. The first-order chi connectivity index (χ1) is 8.50. The van der Waals surface area contributed by atoms with Gasteiger partial charge in [-0.1, -0.05) is 22.0 Å². The summed E-state index contributed by atoms with van der Waals surface area (Å²) in [5.41, 5.74) is -0.0114. The van der Waals surface area contributed by atoms with Crippen molar-refractivity contribution in [3.63, 3.8) is 0 Å². The van der Waals surface area contributed by atoms with Crippen molar-refractivity contribution >= 4 is 37.6 Å². The van der Waals surface area contributed by atoms with Crippen LogP contribution >= 0.6 is 31.9 Å². The molecule has 0 aromatic heterocycles. The van der Waals surface area contributed by atoms with Gasteiger partial charge < -0.3 is 0 Å². The Morgan fingerprint density at radius 2 is 1.67 bits per heavy atom. The van der Waals surface area contributed by atoms with Crippen LogP contribution in [0, 0.1) is 11.6 Å². The standard InChI is InChI=1S/C13H6Br2F2O/c14-7-4-5-10(16)9(6-7)13(18)8-2-1-3-11(17)12(8)15/h1-6H. The number of hydrogen-bond donors (Lipinski definition) is 0. The predicted octanol–water partition coefficient (Wildman–Crippen LogP) is 4.72. The van der Waals surface area contributed by atoms with E-state index in [9.17, 15) is 13.6 Å². The molecule has 0 heterocycles. The van der Waals surface area contributed by atoms with Crippen LogP contribution in [0.2, 0.25) is 0 Å². The first-order valence-electron chi connectivity index (χ1n) is 4.94. The van der Waals surface area contributed by atoms with E-state index in [0.29, 0.717) is 4.47 Å². The second kappa shape index (κ2) is 5.28. The summed E-state index contributed by atoms with van der Waals surface area (Å²) in [4.78, 5) is 12.1. The molecule has 5 heteroatoms. The van der Waals surface area contributed by atoms with E-state index in [1.165, 1.54) is 36.4 Å². The minimum absolute atomic E-state index is 0.0365. The van der Waals surface area contributed by atoms with Gasteiger partial charge in [-0.2, -0.15) is 0 Å². The Labute approximate surface area is 119 Å². The molecule has 0 radical (unpaired) electrons. The monoisotopic (exact) mass is 374 g/mol. The Morgan fingerprint density at radius 1 is 0.944 bits per heavy atom. The van der Waals surface area contributed by atoms with E-state index >= 15 is 0 Å². The van der Waals surface area contributed by atoms with Crippen LogP contribution in [0.3, 0.4) is 0 Å². The average Bonchev–Trinajstić information content (AvgIpc) is 2.35. The lowest BCUT2D eigenvalue weighted by Crippen LogP contribution is -2.06. The van der Waals surface area contributed by atoms with Gasteiger partial charge in [0.1, 0.15) is 11.6 Å². The van der Waals surface area contributed by atoms with Crippen LogP contribution in [0.15, 0.2) is 45.3 Å². The van der Waals surface area contributed by atoms with E-state index in [0.717, 1.165) is 0 Å². The third-order valence-electron chi connectivity index (χ3n) is 2.37. The summed E-state index contributed by atoms with van der Waals surface area (Å²) in [5.74, 6) is -1.77. The Bertz CT molecular complexity index is 622. The molecule has 2 rings (SSSR count). The maximum absolute atomic E-state index is 13.6. The van der Waals surface area contributed by atoms with Crippen molar-refractivity contribution in [1.82, 2.24) is 0 Å². The molecule has 0 aliphatic rings. The van der Waals surface area contributed by atoms with Crippen LogP contribution in [-0.2, 0) is 0 Å². The molecule has 18 heavy (non-hydrogen) atoms. The Morgan fingerprint density at radius 3 is 2.39 bits per heavy atom. The number of halogens is 4. The first-order valence-corrected chi connectivity index (χ1v) is 6.53. The molecule has 0 aliphatic heterocycles. The van der Waals surface area contributed by atoms with Crippen molar-refractivity contribution in [2.75, 3.05) is 0 Å². The third kappa shape index (κ3) is 2.52. The van der Waals surface area contributed by atoms with E-state index in [-0.39, 0.29) is 15.6 Å². The zero-order chi connectivity index (χ0) is 13.3. The number of hydrogen-bond acceptors (Lipinski definition) is 1. The largest absolute Gasteiger partial charge is 0.288 e. The Hall–Kier alpha value is -1.07. The lowest BCUT2D eigenvalue weighted by Gasteiger charge is -2.06. The van der Waals surface area contributed by atoms with Crippen molar-refractivity contribution in [3.8, 4) is 0 Å². The topological polar surface area (TPSA) is 17.1 Å². The van der Waals surface area contributed by atoms with Gasteiger partial charge >= 0.3 is 0 Å². The van der Waals surface area contributed by atoms with E-state index in [1.807, 2.05) is 0 Å². The second-order valence-corrected chi connectivity index (χ2v) is 5.26. The summed E-state index contributed by atoms with van der Waals surface area (Å²) in [5, 5.41) is 0. The van der Waals surface area contributed by atoms with Gasteiger partial charge in [0.2, 0.25) is 0 Å². The van der Waals surface area contributed by atoms with Crippen molar-refractivity contribution in [3.05, 3.63) is 68.1 Å². The summed E-state index contributed by atoms with van der Waals surface area (Å²) < 4.78 is 27.5. The molecule has 0 aliphatic carbocycles. The smallest absolute Gasteiger partial charge is 0.197 e. The van der Waals surface area contributed by atoms with Crippen LogP contribution in [0.25, 0.3) is 0 Å². The lowest BCUT2D eigenvalue weighted by atomic mass is 10.0. The number of ketones is 1. The molecular formula is C13H6Br2F2O. The maximum atomic E-state index is 13.6. The fraction of sp³-hybridized carbons (Fsp3) is 0. The molecule has 0 unspecified atom stereocenters. The van der Waals surface area contributed by atoms with E-state index in [1.54, 1.807) is 0 Å². The van der Waals surface area contributed by atoms with Gasteiger partial charge in [0.05, 0.1) is 10.0 Å². The highest BCUT2D eigenvalue weighted by Gasteiger charge is 2.18. The molecule has 0 fully saturated rings. The third-order valence-corrected chi connectivity index (χ3v) is 3.67. The van der Waals surface area contributed by atoms with Crippen molar-refractivity contribution in [1.29, 1.82) is 0 Å². The number of carbonyl (C=O) groups is 1. The van der Waals surface area contributed by atoms with Crippen molar-refractivity contribution < 1.29 is 13.6 Å². The van der Waals surface area contributed by atoms with Gasteiger partial charge in [-0.3, -0.25) is 4.79 Å². The molecule has 0 atom stereocenters. The van der Waals surface area contributed by atoms with E-state index < -0.39 is 17.4 Å². The van der Waals surface area contributed by atoms with Crippen LogP contribution in [0.4, 0.5) is 8.78 Å². The SMILES string of the molecule is O=C(c1cc(Br)ccc1F)c1cccc(F)c1Br. The zero-order valence-electron chi connectivity index (χ0n) is 8.88. The minimum Gasteiger partial charge on any atom is -0.288 e. The normalized spacial score (nSPS) is 10.4. The summed E-state index contributed by atoms with van der Waals surface area (Å²) in [7, 11) is 0. The van der Waals surface area contributed by atoms with Gasteiger partial charge in [0.15, 0.2) is 5.78 Å². The zero-order valence-corrected chi connectivity index (χ0v) is 12.1. The maximum Gasteiger partial charge on any atom is 0.197 e. The Kier molecular flexibility index (Phi) is 3.92. The van der Waals surface area contributed by atoms with Crippen LogP contribution < -0.4 is 0 Å². The van der Waals surface area contributed by atoms with E-state index in [2.05, 4.69) is 31.9 Å². The van der Waals surface area contributed by atoms with Gasteiger partial charge in [-0.05, 0) is 46.3 Å². The summed E-state index contributed by atoms with van der Waals surface area (Å²) in [6.45, 7) is 0. The van der Waals surface area contributed by atoms with E-state index in [4.69, 9.17) is 0 Å². The van der Waals surface area contributed by atoms with Crippen LogP contribution in [0.5, 0.6) is 0 Å². The highest BCUT2D eigenvalue weighted by atomic mass is 79.9. The predicted molar refractivity (Wildman–Crippen MR) is 71.6 cm³/mol. The molecule has 0 bridgehead atoms. The summed E-state index contributed by atoms with van der Waals surface area (Å²) >= 11 is 6.16. The first kappa shape index (κ1) is 13.4. The molecule has 0 amide bonds. The lowest BCUT2D eigenvalue weighted by molar-refractivity contribution is 0.103. The summed E-state index contributed by atoms with van der Waals surface area (Å²) in [6, 6.07) is 8.11. The molecule has 0 saturated carbocycles. The van der Waals surface area contributed by atoms with Gasteiger partial charge in [0, 0.05) is 10.0 Å². The molecule has 92 valence electrons. The molecule has 2 aromatic carbocycles. The molecule has 1 nitrogen and oxygen atoms in total. The number of carbonyl (C=O) groups excluding carboxylic acids is 1. The molecule has 0 N–H and O–H groups in total. The van der Waals surface area contributed by atoms with Gasteiger partial charge in [-0.15, -0.1) is 0 Å². The molecule has 0 saturated heterocycles. The fourth-order valence-corrected chi connectivity index (χ4v) is 2.30. The van der Waals surface area contributed by atoms with Crippen LogP contribution in [-0.4, -0.2) is 5.78 Å². The highest BCUT2D eigenvalue weighted by molar-refractivity contribution is 9.10. The number of benzene rings is 2. The highest BCUT2D eigenvalue weighted by Crippen LogP contribution is 2.25.